The summed E-state index contributed by atoms with van der Waals surface area (Å²) in [6, 6.07) is 22.3. The molecule has 0 saturated carbocycles. The normalized spacial score (nSPS) is 11.5. The lowest BCUT2D eigenvalue weighted by molar-refractivity contribution is -0.138. The van der Waals surface area contributed by atoms with Gasteiger partial charge in [0.15, 0.2) is 0 Å². The molecule has 5 N–H and O–H groups in total. The van der Waals surface area contributed by atoms with E-state index in [0.717, 1.165) is 11.6 Å². The molecule has 0 heterocycles. The number of nitrogens with two attached hydrogens (primary N) is 2. The highest BCUT2D eigenvalue weighted by Gasteiger charge is 2.32. The minimum absolute atomic E-state index is 0.104. The Morgan fingerprint density at radius 1 is 0.842 bits per heavy atom. The fraction of sp³-hybridized carbons (Fsp3) is 0.387. The molecule has 38 heavy (non-hydrogen) atoms. The average Bonchev–Trinajstić information content (AvgIpc) is 2.94. The van der Waals surface area contributed by atoms with E-state index in [0.29, 0.717) is 17.1 Å². The van der Waals surface area contributed by atoms with E-state index in [4.69, 9.17) is 5.73 Å². The van der Waals surface area contributed by atoms with Gasteiger partial charge in [0.25, 0.3) is 0 Å². The van der Waals surface area contributed by atoms with Gasteiger partial charge in [-0.3, -0.25) is 4.99 Å². The number of nitrogen functional groups attached to an aromatic ring is 1. The van der Waals surface area contributed by atoms with Crippen molar-refractivity contribution in [3.05, 3.63) is 101 Å². The van der Waals surface area contributed by atoms with Crippen LogP contribution < -0.4 is 16.8 Å². The number of amidine groups is 1. The van der Waals surface area contributed by atoms with Crippen molar-refractivity contribution in [3.8, 4) is 0 Å². The Labute approximate surface area is 227 Å². The summed E-state index contributed by atoms with van der Waals surface area (Å²) < 4.78 is 39.9. The molecule has 0 aliphatic heterocycles. The fourth-order valence-electron chi connectivity index (χ4n) is 3.40. The van der Waals surface area contributed by atoms with Gasteiger partial charge in [0, 0.05) is 17.3 Å². The molecule has 4 nitrogen and oxygen atoms in total. The van der Waals surface area contributed by atoms with E-state index in [1.165, 1.54) is 38.4 Å². The fourth-order valence-corrected chi connectivity index (χ4v) is 3.40. The maximum absolute atomic E-state index is 13.3. The van der Waals surface area contributed by atoms with Crippen molar-refractivity contribution in [3.63, 3.8) is 0 Å². The maximum atomic E-state index is 13.3. The molecule has 3 rings (SSSR count). The maximum Gasteiger partial charge on any atom is 0.416 e. The average molecular weight is 531 g/mol. The van der Waals surface area contributed by atoms with Gasteiger partial charge in [-0.25, -0.2) is 0 Å². The molecule has 3 aromatic rings. The lowest BCUT2D eigenvalue weighted by Gasteiger charge is -2.19. The summed E-state index contributed by atoms with van der Waals surface area (Å²) in [7, 11) is 1.50. The molecule has 0 radical (unpaired) electrons. The molecular formula is C31H45F3N4. The first kappa shape index (κ1) is 34.7. The summed E-state index contributed by atoms with van der Waals surface area (Å²) in [6.45, 7) is 10.3. The summed E-state index contributed by atoms with van der Waals surface area (Å²) in [6.07, 6.45) is -0.351. The molecule has 0 aliphatic rings. The van der Waals surface area contributed by atoms with Crippen LogP contribution in [0.2, 0.25) is 0 Å². The monoisotopic (exact) mass is 530 g/mol. The molecule has 1 atom stereocenters. The SMILES string of the molecule is CC.CC(NC(=NCc1ccccc1C(F)(F)F)c1ccccc1N)c1ccccc1.CCCCC.CN. The molecule has 0 bridgehead atoms. The van der Waals surface area contributed by atoms with E-state index in [-0.39, 0.29) is 18.2 Å². The smallest absolute Gasteiger partial charge is 0.398 e. The van der Waals surface area contributed by atoms with Gasteiger partial charge in [-0.15, -0.1) is 0 Å². The number of nitrogens with one attached hydrogen (secondary N) is 1. The second-order valence-corrected chi connectivity index (χ2v) is 8.04. The van der Waals surface area contributed by atoms with Crippen LogP contribution in [0.4, 0.5) is 18.9 Å². The summed E-state index contributed by atoms with van der Waals surface area (Å²) in [5.74, 6) is 0.455. The van der Waals surface area contributed by atoms with Crippen LogP contribution in [-0.2, 0) is 12.7 Å². The van der Waals surface area contributed by atoms with Crippen LogP contribution in [0.5, 0.6) is 0 Å². The van der Waals surface area contributed by atoms with Gasteiger partial charge in [0.05, 0.1) is 12.1 Å². The number of hydrogen-bond donors (Lipinski definition) is 3. The molecule has 7 heteroatoms. The lowest BCUT2D eigenvalue weighted by atomic mass is 10.1. The van der Waals surface area contributed by atoms with Crippen LogP contribution >= 0.6 is 0 Å². The van der Waals surface area contributed by atoms with E-state index in [1.807, 2.05) is 57.2 Å². The van der Waals surface area contributed by atoms with Crippen LogP contribution in [0.1, 0.15) is 82.2 Å². The summed E-state index contributed by atoms with van der Waals surface area (Å²) >= 11 is 0. The molecule has 0 amide bonds. The van der Waals surface area contributed by atoms with Crippen molar-refractivity contribution in [1.82, 2.24) is 5.32 Å². The minimum Gasteiger partial charge on any atom is -0.398 e. The standard InChI is InChI=1S/C23H22F3N3.C5H12.C2H6.CH5N/c1-16(17-9-3-2-4-10-17)29-22(19-12-6-8-14-21(19)27)28-15-18-11-5-7-13-20(18)23(24,25)26;1-3-5-4-2;2*1-2/h2-14,16H,15,27H2,1H3,(H,28,29);3-5H2,1-2H3;1-2H3;2H2,1H3. The number of aliphatic imine (C=N–C) groups is 1. The second-order valence-electron chi connectivity index (χ2n) is 8.04. The number of anilines is 1. The molecule has 1 unspecified atom stereocenters. The van der Waals surface area contributed by atoms with Crippen molar-refractivity contribution >= 4 is 11.5 Å². The van der Waals surface area contributed by atoms with Gasteiger partial charge >= 0.3 is 6.18 Å². The third-order valence-electron chi connectivity index (χ3n) is 5.31. The number of hydrogen-bond acceptors (Lipinski definition) is 3. The summed E-state index contributed by atoms with van der Waals surface area (Å²) in [5, 5.41) is 3.31. The lowest BCUT2D eigenvalue weighted by Crippen LogP contribution is -2.28. The Hall–Kier alpha value is -3.32. The Bertz CT molecular complexity index is 1030. The predicted octanol–water partition coefficient (Wildman–Crippen LogP) is 8.38. The third-order valence-corrected chi connectivity index (χ3v) is 5.31. The van der Waals surface area contributed by atoms with Gasteiger partial charge in [0.1, 0.15) is 5.84 Å². The van der Waals surface area contributed by atoms with Crippen LogP contribution in [0.3, 0.4) is 0 Å². The molecule has 0 aromatic heterocycles. The van der Waals surface area contributed by atoms with E-state index in [2.05, 4.69) is 29.9 Å². The topological polar surface area (TPSA) is 76.4 Å². The number of halogens is 3. The van der Waals surface area contributed by atoms with Crippen molar-refractivity contribution in [2.75, 3.05) is 12.8 Å². The molecule has 0 saturated heterocycles. The predicted molar refractivity (Wildman–Crippen MR) is 157 cm³/mol. The Kier molecular flexibility index (Phi) is 18.0. The van der Waals surface area contributed by atoms with Gasteiger partial charge in [0.2, 0.25) is 0 Å². The molecule has 0 aliphatic carbocycles. The highest BCUT2D eigenvalue weighted by atomic mass is 19.4. The molecule has 210 valence electrons. The third kappa shape index (κ3) is 12.3. The Morgan fingerprint density at radius 3 is 1.89 bits per heavy atom. The first-order valence-corrected chi connectivity index (χ1v) is 13.2. The highest BCUT2D eigenvalue weighted by molar-refractivity contribution is 6.03. The van der Waals surface area contributed by atoms with Gasteiger partial charge in [-0.1, -0.05) is 108 Å². The number of nitrogens with zero attached hydrogens (tertiary/aromatic N) is 1. The van der Waals surface area contributed by atoms with Gasteiger partial charge < -0.3 is 16.8 Å². The van der Waals surface area contributed by atoms with E-state index in [1.54, 1.807) is 24.3 Å². The number of benzene rings is 3. The first-order valence-electron chi connectivity index (χ1n) is 13.2. The molecular weight excluding hydrogens is 485 g/mol. The molecule has 3 aromatic carbocycles. The number of para-hydroxylation sites is 1. The van der Waals surface area contributed by atoms with E-state index in [9.17, 15) is 13.2 Å². The van der Waals surface area contributed by atoms with Crippen molar-refractivity contribution < 1.29 is 13.2 Å². The Balaban J connectivity index is 0.00000134. The quantitative estimate of drug-likeness (QED) is 0.163. The number of unbranched alkanes of at least 4 members (excludes halogenated alkanes) is 2. The highest BCUT2D eigenvalue weighted by Crippen LogP contribution is 2.32. The van der Waals surface area contributed by atoms with Gasteiger partial charge in [-0.05, 0) is 43.3 Å². The van der Waals surface area contributed by atoms with Crippen molar-refractivity contribution in [2.24, 2.45) is 10.7 Å². The number of rotatable bonds is 7. The molecule has 0 fully saturated rings. The minimum atomic E-state index is -4.43. The largest absolute Gasteiger partial charge is 0.416 e. The van der Waals surface area contributed by atoms with Crippen molar-refractivity contribution in [1.29, 1.82) is 0 Å². The zero-order chi connectivity index (χ0) is 29.0. The van der Waals surface area contributed by atoms with Crippen LogP contribution in [-0.4, -0.2) is 12.9 Å². The number of alkyl halides is 3. The Morgan fingerprint density at radius 2 is 1.37 bits per heavy atom. The zero-order valence-corrected chi connectivity index (χ0v) is 23.6. The van der Waals surface area contributed by atoms with Gasteiger partial charge in [-0.2, -0.15) is 13.2 Å². The van der Waals surface area contributed by atoms with E-state index >= 15 is 0 Å². The summed E-state index contributed by atoms with van der Waals surface area (Å²) in [4.78, 5) is 4.49. The van der Waals surface area contributed by atoms with Crippen LogP contribution in [0.25, 0.3) is 0 Å². The van der Waals surface area contributed by atoms with Crippen LogP contribution in [0.15, 0.2) is 83.9 Å². The molecule has 0 spiro atoms. The van der Waals surface area contributed by atoms with Crippen LogP contribution in [0, 0.1) is 0 Å². The summed E-state index contributed by atoms with van der Waals surface area (Å²) in [5.41, 5.74) is 12.2. The second kappa shape index (κ2) is 19.7. The van der Waals surface area contributed by atoms with E-state index < -0.39 is 11.7 Å². The van der Waals surface area contributed by atoms with Crippen molar-refractivity contribution in [2.45, 2.75) is 72.6 Å². The zero-order valence-electron chi connectivity index (χ0n) is 23.6. The first-order chi connectivity index (χ1) is 18.3.